The minimum absolute atomic E-state index is 0.0423. The van der Waals surface area contributed by atoms with Gasteiger partial charge in [0.1, 0.15) is 0 Å². The summed E-state index contributed by atoms with van der Waals surface area (Å²) >= 11 is 6.24. The van der Waals surface area contributed by atoms with E-state index in [9.17, 15) is 9.59 Å². The summed E-state index contributed by atoms with van der Waals surface area (Å²) in [7, 11) is 1.80. The molecule has 6 nitrogen and oxygen atoms in total. The number of fused-ring (bicyclic) bond motifs is 3. The van der Waals surface area contributed by atoms with Crippen molar-refractivity contribution in [2.24, 2.45) is 0 Å². The van der Waals surface area contributed by atoms with Gasteiger partial charge in [-0.1, -0.05) is 29.8 Å². The molecule has 0 bridgehead atoms. The summed E-state index contributed by atoms with van der Waals surface area (Å²) in [6.07, 6.45) is 4.13. The van der Waals surface area contributed by atoms with Gasteiger partial charge < -0.3 is 14.8 Å². The number of hydrogen-bond acceptors (Lipinski definition) is 3. The average molecular weight is 473 g/mol. The number of hydrogen-bond donors (Lipinski definition) is 1. The molecule has 3 heterocycles. The number of nitrogens with one attached hydrogen (secondary N) is 1. The van der Waals surface area contributed by atoms with E-state index in [0.717, 1.165) is 40.7 Å². The number of aromatic amines is 1. The van der Waals surface area contributed by atoms with Gasteiger partial charge >= 0.3 is 0 Å². The molecule has 0 saturated carbocycles. The zero-order chi connectivity index (χ0) is 23.7. The molecule has 1 aliphatic heterocycles. The van der Waals surface area contributed by atoms with E-state index in [4.69, 9.17) is 11.6 Å². The van der Waals surface area contributed by atoms with E-state index in [-0.39, 0.29) is 11.9 Å². The van der Waals surface area contributed by atoms with Gasteiger partial charge in [0.15, 0.2) is 0 Å². The number of likely N-dealkylation sites (N-methyl/N-ethyl adjacent to an activating group) is 1. The second-order valence-corrected chi connectivity index (χ2v) is 9.06. The summed E-state index contributed by atoms with van der Waals surface area (Å²) in [5.41, 5.74) is 5.73. The second kappa shape index (κ2) is 9.31. The van der Waals surface area contributed by atoms with Gasteiger partial charge in [-0.2, -0.15) is 0 Å². The highest BCUT2D eigenvalue weighted by Gasteiger charge is 2.31. The first kappa shape index (κ1) is 22.2. The molecule has 0 radical (unpaired) electrons. The first-order valence-corrected chi connectivity index (χ1v) is 11.7. The molecular formula is C27H25ClN4O2. The highest BCUT2D eigenvalue weighted by molar-refractivity contribution is 6.31. The molecule has 2 aromatic carbocycles. The van der Waals surface area contributed by atoms with Crippen molar-refractivity contribution in [1.82, 2.24) is 19.8 Å². The van der Waals surface area contributed by atoms with E-state index in [1.165, 1.54) is 5.56 Å². The fourth-order valence-corrected chi connectivity index (χ4v) is 4.88. The number of halogens is 1. The average Bonchev–Trinajstić information content (AvgIpc) is 3.24. The third-order valence-electron chi connectivity index (χ3n) is 6.51. The summed E-state index contributed by atoms with van der Waals surface area (Å²) in [6.45, 7) is 1.21. The van der Waals surface area contributed by atoms with Crippen molar-refractivity contribution in [3.8, 4) is 0 Å². The van der Waals surface area contributed by atoms with Gasteiger partial charge in [0.25, 0.3) is 5.91 Å². The molecule has 2 amide bonds. The Hall–Kier alpha value is -3.64. The molecule has 7 heteroatoms. The van der Waals surface area contributed by atoms with Crippen LogP contribution in [0.15, 0.2) is 66.9 Å². The first-order chi connectivity index (χ1) is 16.5. The predicted molar refractivity (Wildman–Crippen MR) is 133 cm³/mol. The molecule has 172 valence electrons. The lowest BCUT2D eigenvalue weighted by molar-refractivity contribution is -0.120. The van der Waals surface area contributed by atoms with Crippen LogP contribution in [0.25, 0.3) is 10.9 Å². The molecule has 1 aliphatic rings. The number of carbonyl (C=O) groups excluding carboxylic acids is 2. The Labute approximate surface area is 203 Å². The Morgan fingerprint density at radius 3 is 2.76 bits per heavy atom. The lowest BCUT2D eigenvalue weighted by Crippen LogP contribution is -2.35. The van der Waals surface area contributed by atoms with Gasteiger partial charge in [0, 0.05) is 65.6 Å². The van der Waals surface area contributed by atoms with Crippen LogP contribution in [-0.4, -0.2) is 52.2 Å². The number of nitrogens with zero attached hydrogens (tertiary/aromatic N) is 3. The van der Waals surface area contributed by atoms with E-state index in [2.05, 4.69) is 9.97 Å². The van der Waals surface area contributed by atoms with Crippen LogP contribution >= 0.6 is 11.6 Å². The minimum Gasteiger partial charge on any atom is -0.356 e. The van der Waals surface area contributed by atoms with Gasteiger partial charge in [-0.3, -0.25) is 14.6 Å². The van der Waals surface area contributed by atoms with Crippen LogP contribution in [0.4, 0.5) is 0 Å². The fourth-order valence-electron chi connectivity index (χ4n) is 4.71. The largest absolute Gasteiger partial charge is 0.356 e. The molecular weight excluding hydrogens is 448 g/mol. The van der Waals surface area contributed by atoms with Gasteiger partial charge in [0.2, 0.25) is 6.41 Å². The molecule has 4 aromatic rings. The van der Waals surface area contributed by atoms with Crippen molar-refractivity contribution >= 4 is 34.8 Å². The quantitative estimate of drug-likeness (QED) is 0.416. The van der Waals surface area contributed by atoms with Crippen LogP contribution in [0.5, 0.6) is 0 Å². The van der Waals surface area contributed by atoms with Crippen molar-refractivity contribution in [2.45, 2.75) is 18.9 Å². The molecule has 34 heavy (non-hydrogen) atoms. The molecule has 0 saturated heterocycles. The van der Waals surface area contributed by atoms with Crippen molar-refractivity contribution in [2.75, 3.05) is 20.1 Å². The van der Waals surface area contributed by atoms with Crippen LogP contribution in [0.2, 0.25) is 5.02 Å². The topological polar surface area (TPSA) is 69.3 Å². The summed E-state index contributed by atoms with van der Waals surface area (Å²) in [4.78, 5) is 36.2. The van der Waals surface area contributed by atoms with Crippen molar-refractivity contribution in [3.05, 3.63) is 100.0 Å². The third kappa shape index (κ3) is 4.17. The van der Waals surface area contributed by atoms with E-state index in [1.54, 1.807) is 23.0 Å². The highest BCUT2D eigenvalue weighted by Crippen LogP contribution is 2.38. The molecule has 1 unspecified atom stereocenters. The Morgan fingerprint density at radius 1 is 1.21 bits per heavy atom. The van der Waals surface area contributed by atoms with E-state index >= 15 is 0 Å². The van der Waals surface area contributed by atoms with Crippen LogP contribution in [0.1, 0.15) is 38.9 Å². The Bertz CT molecular complexity index is 1330. The van der Waals surface area contributed by atoms with Crippen LogP contribution in [-0.2, 0) is 17.6 Å². The number of H-pyrrole nitrogens is 1. The van der Waals surface area contributed by atoms with Gasteiger partial charge in [-0.25, -0.2) is 0 Å². The summed E-state index contributed by atoms with van der Waals surface area (Å²) in [5, 5.41) is 1.79. The first-order valence-electron chi connectivity index (χ1n) is 11.3. The smallest absolute Gasteiger partial charge is 0.253 e. The van der Waals surface area contributed by atoms with Crippen molar-refractivity contribution < 1.29 is 9.59 Å². The number of pyridine rings is 1. The Kier molecular flexibility index (Phi) is 6.07. The lowest BCUT2D eigenvalue weighted by atomic mass is 9.92. The van der Waals surface area contributed by atoms with Crippen LogP contribution in [0.3, 0.4) is 0 Å². The summed E-state index contributed by atoms with van der Waals surface area (Å²) < 4.78 is 0. The van der Waals surface area contributed by atoms with Gasteiger partial charge in [-0.05, 0) is 60.0 Å². The Balaban J connectivity index is 1.38. The standard InChI is InChI=1S/C27H25ClN4O2/c1-31(14-11-21-4-2-3-13-29-21)27(34)19-7-5-18(6-8-19)26-25-22(12-15-32(26)17-33)23-16-20(28)9-10-24(23)30-25/h2-10,13,16-17,26,30H,11-12,14-15H2,1H3. The maximum Gasteiger partial charge on any atom is 0.253 e. The summed E-state index contributed by atoms with van der Waals surface area (Å²) in [5.74, 6) is -0.0423. The fraction of sp³-hybridized carbons (Fsp3) is 0.222. The number of benzene rings is 2. The van der Waals surface area contributed by atoms with Crippen molar-refractivity contribution in [1.29, 1.82) is 0 Å². The number of carbonyl (C=O) groups is 2. The molecule has 5 rings (SSSR count). The zero-order valence-electron chi connectivity index (χ0n) is 18.9. The van der Waals surface area contributed by atoms with E-state index in [1.807, 2.05) is 60.7 Å². The monoisotopic (exact) mass is 472 g/mol. The van der Waals surface area contributed by atoms with Crippen molar-refractivity contribution in [3.63, 3.8) is 0 Å². The van der Waals surface area contributed by atoms with Crippen LogP contribution in [0, 0.1) is 0 Å². The molecule has 1 atom stereocenters. The molecule has 2 aromatic heterocycles. The molecule has 0 aliphatic carbocycles. The Morgan fingerprint density at radius 2 is 2.03 bits per heavy atom. The maximum atomic E-state index is 12.9. The maximum absolute atomic E-state index is 12.9. The number of rotatable bonds is 6. The lowest BCUT2D eigenvalue weighted by Gasteiger charge is -2.33. The summed E-state index contributed by atoms with van der Waals surface area (Å²) in [6, 6.07) is 18.9. The van der Waals surface area contributed by atoms with E-state index < -0.39 is 0 Å². The number of amides is 2. The minimum atomic E-state index is -0.238. The van der Waals surface area contributed by atoms with E-state index in [0.29, 0.717) is 30.1 Å². The highest BCUT2D eigenvalue weighted by atomic mass is 35.5. The normalized spacial score (nSPS) is 15.2. The van der Waals surface area contributed by atoms with Gasteiger partial charge in [-0.15, -0.1) is 0 Å². The predicted octanol–water partition coefficient (Wildman–Crippen LogP) is 4.63. The molecule has 1 N–H and O–H groups in total. The van der Waals surface area contributed by atoms with Crippen LogP contribution < -0.4 is 0 Å². The molecule has 0 fully saturated rings. The van der Waals surface area contributed by atoms with Gasteiger partial charge in [0.05, 0.1) is 6.04 Å². The number of aromatic nitrogens is 2. The third-order valence-corrected chi connectivity index (χ3v) is 6.75. The molecule has 0 spiro atoms. The SMILES string of the molecule is CN(CCc1ccccn1)C(=O)c1ccc(C2c3[nH]c4ccc(Cl)cc4c3CCN2C=O)cc1. The second-order valence-electron chi connectivity index (χ2n) is 8.62. The zero-order valence-corrected chi connectivity index (χ0v) is 19.6.